The van der Waals surface area contributed by atoms with E-state index in [0.717, 1.165) is 4.31 Å². The van der Waals surface area contributed by atoms with E-state index in [1.807, 2.05) is 4.72 Å². The smallest absolute Gasteiger partial charge is 0.271 e. The van der Waals surface area contributed by atoms with Crippen LogP contribution in [0.2, 0.25) is 0 Å². The SMILES string of the molecule is CN(C)S(=O)(=O)Nc1cccc(NS(N)(=O)=O)c1. The molecular formula is C8H14N4O4S2. The zero-order chi connectivity index (χ0) is 14.0. The Balaban J connectivity index is 2.97. The lowest BCUT2D eigenvalue weighted by molar-refractivity contribution is 0.527. The zero-order valence-electron chi connectivity index (χ0n) is 9.78. The van der Waals surface area contributed by atoms with Crippen molar-refractivity contribution in [1.82, 2.24) is 4.31 Å². The first-order valence-corrected chi connectivity index (χ1v) is 7.70. The van der Waals surface area contributed by atoms with Gasteiger partial charge in [0.05, 0.1) is 11.4 Å². The Morgan fingerprint density at radius 2 is 1.56 bits per heavy atom. The number of nitrogens with one attached hydrogen (secondary N) is 2. The van der Waals surface area contributed by atoms with Crippen molar-refractivity contribution in [3.63, 3.8) is 0 Å². The van der Waals surface area contributed by atoms with Gasteiger partial charge < -0.3 is 0 Å². The Hall–Kier alpha value is -1.36. The molecule has 0 radical (unpaired) electrons. The van der Waals surface area contributed by atoms with E-state index in [-0.39, 0.29) is 11.4 Å². The van der Waals surface area contributed by atoms with E-state index >= 15 is 0 Å². The average molecular weight is 294 g/mol. The first-order chi connectivity index (χ1) is 8.10. The fourth-order valence-corrected chi connectivity index (χ4v) is 2.11. The molecule has 8 nitrogen and oxygen atoms in total. The van der Waals surface area contributed by atoms with Gasteiger partial charge in [0.1, 0.15) is 0 Å². The maximum Gasteiger partial charge on any atom is 0.301 e. The quantitative estimate of drug-likeness (QED) is 0.679. The molecule has 0 heterocycles. The number of hydrogen-bond donors (Lipinski definition) is 3. The molecule has 0 aromatic heterocycles. The van der Waals surface area contributed by atoms with Crippen LogP contribution in [0.1, 0.15) is 0 Å². The van der Waals surface area contributed by atoms with Crippen LogP contribution in [0.4, 0.5) is 11.4 Å². The number of benzene rings is 1. The Labute approximate surface area is 106 Å². The molecule has 0 aliphatic heterocycles. The topological polar surface area (TPSA) is 122 Å². The largest absolute Gasteiger partial charge is 0.301 e. The normalized spacial score (nSPS) is 12.4. The van der Waals surface area contributed by atoms with Crippen molar-refractivity contribution < 1.29 is 16.8 Å². The minimum absolute atomic E-state index is 0.163. The van der Waals surface area contributed by atoms with Gasteiger partial charge in [-0.1, -0.05) is 6.07 Å². The summed E-state index contributed by atoms with van der Waals surface area (Å²) >= 11 is 0. The van der Waals surface area contributed by atoms with Gasteiger partial charge in [0.15, 0.2) is 0 Å². The molecule has 1 aromatic rings. The van der Waals surface area contributed by atoms with Crippen molar-refractivity contribution in [2.24, 2.45) is 5.14 Å². The van der Waals surface area contributed by atoms with E-state index in [1.54, 1.807) is 0 Å². The maximum absolute atomic E-state index is 11.5. The van der Waals surface area contributed by atoms with E-state index in [4.69, 9.17) is 5.14 Å². The van der Waals surface area contributed by atoms with E-state index in [1.165, 1.54) is 38.4 Å². The lowest BCUT2D eigenvalue weighted by atomic mass is 10.3. The van der Waals surface area contributed by atoms with Crippen molar-refractivity contribution in [2.75, 3.05) is 23.5 Å². The molecule has 0 spiro atoms. The molecular weight excluding hydrogens is 280 g/mol. The number of hydrogen-bond acceptors (Lipinski definition) is 4. The summed E-state index contributed by atoms with van der Waals surface area (Å²) < 4.78 is 50.0. The summed E-state index contributed by atoms with van der Waals surface area (Å²) in [5.41, 5.74) is 0.383. The average Bonchev–Trinajstić information content (AvgIpc) is 2.13. The van der Waals surface area contributed by atoms with Gasteiger partial charge in [0, 0.05) is 14.1 Å². The van der Waals surface area contributed by atoms with Gasteiger partial charge in [-0.15, -0.1) is 0 Å². The highest BCUT2D eigenvalue weighted by Gasteiger charge is 2.13. The minimum Gasteiger partial charge on any atom is -0.271 e. The van der Waals surface area contributed by atoms with Crippen LogP contribution in [0.5, 0.6) is 0 Å². The van der Waals surface area contributed by atoms with Crippen LogP contribution in [-0.4, -0.2) is 35.2 Å². The Morgan fingerprint density at radius 1 is 1.06 bits per heavy atom. The third-order valence-electron chi connectivity index (χ3n) is 1.85. The molecule has 1 aromatic carbocycles. The molecule has 0 fully saturated rings. The molecule has 4 N–H and O–H groups in total. The summed E-state index contributed by atoms with van der Waals surface area (Å²) in [6, 6.07) is 5.72. The predicted molar refractivity (Wildman–Crippen MR) is 69.4 cm³/mol. The summed E-state index contributed by atoms with van der Waals surface area (Å²) in [6.45, 7) is 0. The first-order valence-electron chi connectivity index (χ1n) is 4.71. The molecule has 0 saturated carbocycles. The van der Waals surface area contributed by atoms with Gasteiger partial charge in [-0.2, -0.15) is 21.1 Å². The molecule has 0 bridgehead atoms. The molecule has 1 rings (SSSR count). The lowest BCUT2D eigenvalue weighted by Crippen LogP contribution is -2.29. The standard InChI is InChI=1S/C8H14N4O4S2/c1-12(2)18(15,16)11-8-5-3-4-7(6-8)10-17(9,13)14/h3-6,10-11H,1-2H3,(H2,9,13,14). The third-order valence-corrected chi connectivity index (χ3v) is 3.83. The van der Waals surface area contributed by atoms with E-state index in [0.29, 0.717) is 0 Å². The highest BCUT2D eigenvalue weighted by atomic mass is 32.2. The maximum atomic E-state index is 11.5. The minimum atomic E-state index is -3.89. The molecule has 18 heavy (non-hydrogen) atoms. The zero-order valence-corrected chi connectivity index (χ0v) is 11.4. The molecule has 102 valence electrons. The Kier molecular flexibility index (Phi) is 4.16. The number of anilines is 2. The van der Waals surface area contributed by atoms with Crippen molar-refractivity contribution in [3.05, 3.63) is 24.3 Å². The van der Waals surface area contributed by atoms with Gasteiger partial charge in [-0.3, -0.25) is 9.44 Å². The van der Waals surface area contributed by atoms with Crippen LogP contribution in [0.25, 0.3) is 0 Å². The van der Waals surface area contributed by atoms with Crippen LogP contribution < -0.4 is 14.6 Å². The van der Waals surface area contributed by atoms with Crippen LogP contribution >= 0.6 is 0 Å². The molecule has 0 aliphatic carbocycles. The molecule has 10 heteroatoms. The number of rotatable bonds is 5. The van der Waals surface area contributed by atoms with Gasteiger partial charge >= 0.3 is 10.2 Å². The van der Waals surface area contributed by atoms with Gasteiger partial charge in [-0.05, 0) is 18.2 Å². The first kappa shape index (κ1) is 14.7. The van der Waals surface area contributed by atoms with Crippen molar-refractivity contribution >= 4 is 31.8 Å². The van der Waals surface area contributed by atoms with Crippen LogP contribution in [0.3, 0.4) is 0 Å². The van der Waals surface area contributed by atoms with Gasteiger partial charge in [0.2, 0.25) is 0 Å². The van der Waals surface area contributed by atoms with E-state index < -0.39 is 20.4 Å². The summed E-state index contributed by atoms with van der Waals surface area (Å²) in [6.07, 6.45) is 0. The molecule has 0 saturated heterocycles. The second kappa shape index (κ2) is 5.10. The second-order valence-electron chi connectivity index (χ2n) is 3.62. The van der Waals surface area contributed by atoms with Crippen LogP contribution in [0, 0.1) is 0 Å². The molecule has 0 amide bonds. The fraction of sp³-hybridized carbons (Fsp3) is 0.250. The van der Waals surface area contributed by atoms with Crippen LogP contribution in [0.15, 0.2) is 24.3 Å². The highest BCUT2D eigenvalue weighted by molar-refractivity contribution is 7.90. The fourth-order valence-electron chi connectivity index (χ4n) is 1.05. The Bertz CT molecular complexity index is 624. The third kappa shape index (κ3) is 4.49. The Morgan fingerprint density at radius 3 is 2.00 bits per heavy atom. The van der Waals surface area contributed by atoms with Gasteiger partial charge in [-0.25, -0.2) is 5.14 Å². The summed E-state index contributed by atoms with van der Waals surface area (Å²) in [4.78, 5) is 0. The second-order valence-corrected chi connectivity index (χ2v) is 6.80. The van der Waals surface area contributed by atoms with E-state index in [2.05, 4.69) is 4.72 Å². The highest BCUT2D eigenvalue weighted by Crippen LogP contribution is 2.17. The predicted octanol–water partition coefficient (Wildman–Crippen LogP) is -0.480. The molecule has 0 atom stereocenters. The monoisotopic (exact) mass is 294 g/mol. The summed E-state index contributed by atoms with van der Waals surface area (Å²) in [5, 5.41) is 4.81. The van der Waals surface area contributed by atoms with Gasteiger partial charge in [0.25, 0.3) is 10.2 Å². The summed E-state index contributed by atoms with van der Waals surface area (Å²) in [5.74, 6) is 0. The number of nitrogens with zero attached hydrogens (tertiary/aromatic N) is 1. The van der Waals surface area contributed by atoms with Crippen molar-refractivity contribution in [2.45, 2.75) is 0 Å². The van der Waals surface area contributed by atoms with Crippen LogP contribution in [-0.2, 0) is 20.4 Å². The number of nitrogens with two attached hydrogens (primary N) is 1. The lowest BCUT2D eigenvalue weighted by Gasteiger charge is -2.14. The summed E-state index contributed by atoms with van der Waals surface area (Å²) in [7, 11) is -4.79. The molecule has 0 aliphatic rings. The van der Waals surface area contributed by atoms with E-state index in [9.17, 15) is 16.8 Å². The van der Waals surface area contributed by atoms with Crippen molar-refractivity contribution in [3.8, 4) is 0 Å². The molecule has 0 unspecified atom stereocenters. The van der Waals surface area contributed by atoms with Crippen molar-refractivity contribution in [1.29, 1.82) is 0 Å².